The normalized spacial score (nSPS) is 23.7. The maximum absolute atomic E-state index is 14.5. The first-order valence-electron chi connectivity index (χ1n) is 8.90. The predicted molar refractivity (Wildman–Crippen MR) is 100 cm³/mol. The first-order chi connectivity index (χ1) is 13.8. The first-order valence-corrected chi connectivity index (χ1v) is 11.9. The van der Waals surface area contributed by atoms with Crippen LogP contribution in [0, 0.1) is 11.6 Å². The van der Waals surface area contributed by atoms with Crippen LogP contribution in [-0.2, 0) is 24.8 Å². The molecule has 1 aliphatic rings. The zero-order chi connectivity index (χ0) is 22.8. The molecule has 2 N–H and O–H groups in total. The minimum atomic E-state index is -5.63. The van der Waals surface area contributed by atoms with E-state index in [1.165, 1.54) is 10.8 Å². The van der Waals surface area contributed by atoms with E-state index in [4.69, 9.17) is 0 Å². The zero-order valence-corrected chi connectivity index (χ0v) is 17.5. The number of benzene rings is 1. The Balaban J connectivity index is 2.40. The van der Waals surface area contributed by atoms with E-state index in [-0.39, 0.29) is 19.4 Å². The fraction of sp³-hybridized carbons (Fsp3) is 0.529. The molecule has 2 rings (SSSR count). The van der Waals surface area contributed by atoms with Crippen molar-refractivity contribution in [3.63, 3.8) is 0 Å². The number of hydrogen-bond donors (Lipinski definition) is 2. The summed E-state index contributed by atoms with van der Waals surface area (Å²) in [4.78, 5) is 0. The van der Waals surface area contributed by atoms with Crippen LogP contribution in [0.1, 0.15) is 38.2 Å². The minimum absolute atomic E-state index is 0.123. The smallest absolute Gasteiger partial charge is 0.211 e. The van der Waals surface area contributed by atoms with Gasteiger partial charge in [0.1, 0.15) is 16.4 Å². The lowest BCUT2D eigenvalue weighted by Gasteiger charge is -2.40. The van der Waals surface area contributed by atoms with Gasteiger partial charge in [0.2, 0.25) is 10.0 Å². The molecule has 0 bridgehead atoms. The Bertz CT molecular complexity index is 999. The summed E-state index contributed by atoms with van der Waals surface area (Å²) in [6.45, 7) is 1.52. The SMILES string of the molecule is C/C=C\CNS(=O)(=O)C1(c2cc(F)ccc2F)CCC(NS(=O)(=O)C(F)(F)F)CC1. The first kappa shape index (κ1) is 24.7. The van der Waals surface area contributed by atoms with Crippen LogP contribution in [-0.4, -0.2) is 34.9 Å². The maximum atomic E-state index is 14.5. The van der Waals surface area contributed by atoms with Crippen molar-refractivity contribution >= 4 is 20.0 Å². The Morgan fingerprint density at radius 3 is 2.27 bits per heavy atom. The van der Waals surface area contributed by atoms with Gasteiger partial charge in [-0.15, -0.1) is 0 Å². The van der Waals surface area contributed by atoms with Crippen LogP contribution in [0.2, 0.25) is 0 Å². The highest BCUT2D eigenvalue weighted by Crippen LogP contribution is 2.45. The van der Waals surface area contributed by atoms with E-state index in [1.807, 2.05) is 0 Å². The van der Waals surface area contributed by atoms with Crippen LogP contribution < -0.4 is 9.44 Å². The van der Waals surface area contributed by atoms with E-state index in [2.05, 4.69) is 4.72 Å². The van der Waals surface area contributed by atoms with Gasteiger partial charge in [0.05, 0.1) is 0 Å². The molecule has 0 aliphatic heterocycles. The van der Waals surface area contributed by atoms with Gasteiger partial charge < -0.3 is 0 Å². The van der Waals surface area contributed by atoms with Crippen molar-refractivity contribution < 1.29 is 38.8 Å². The highest BCUT2D eigenvalue weighted by molar-refractivity contribution is 7.90. The summed E-state index contributed by atoms with van der Waals surface area (Å²) in [7, 11) is -9.94. The summed E-state index contributed by atoms with van der Waals surface area (Å²) in [5.74, 6) is -1.86. The van der Waals surface area contributed by atoms with Crippen molar-refractivity contribution in [2.45, 2.75) is 48.9 Å². The number of allylic oxidation sites excluding steroid dienone is 1. The molecule has 0 atom stereocenters. The van der Waals surface area contributed by atoms with Gasteiger partial charge in [0.25, 0.3) is 0 Å². The maximum Gasteiger partial charge on any atom is 0.511 e. The van der Waals surface area contributed by atoms with Crippen molar-refractivity contribution in [1.82, 2.24) is 9.44 Å². The molecule has 1 aliphatic carbocycles. The number of alkyl halides is 3. The van der Waals surface area contributed by atoms with E-state index in [9.17, 15) is 38.8 Å². The standard InChI is InChI=1S/C17H21F5N2O4S2/c1-2-3-10-23-29(25,26)16(14-11-12(18)4-5-15(14)19)8-6-13(7-9-16)24-30(27,28)17(20,21)22/h2-5,11,13,23-24H,6-10H2,1H3/b3-2-. The molecule has 30 heavy (non-hydrogen) atoms. The summed E-state index contributed by atoms with van der Waals surface area (Å²) < 4.78 is 117. The number of halogens is 5. The van der Waals surface area contributed by atoms with Gasteiger partial charge in [0, 0.05) is 18.2 Å². The summed E-state index contributed by atoms with van der Waals surface area (Å²) in [5, 5.41) is 0. The van der Waals surface area contributed by atoms with Gasteiger partial charge in [-0.1, -0.05) is 12.2 Å². The second-order valence-corrected chi connectivity index (χ2v) is 10.7. The molecule has 1 aromatic carbocycles. The Kier molecular flexibility index (Phi) is 7.32. The second kappa shape index (κ2) is 8.89. The fourth-order valence-corrected chi connectivity index (χ4v) is 6.05. The molecule has 0 spiro atoms. The van der Waals surface area contributed by atoms with Crippen molar-refractivity contribution in [3.05, 3.63) is 47.5 Å². The third kappa shape index (κ3) is 5.01. The molecule has 0 heterocycles. The molecule has 1 fully saturated rings. The Morgan fingerprint density at radius 1 is 1.13 bits per heavy atom. The average Bonchev–Trinajstić information content (AvgIpc) is 2.63. The fourth-order valence-electron chi connectivity index (χ4n) is 3.43. The molecule has 0 unspecified atom stereocenters. The van der Waals surface area contributed by atoms with Crippen molar-refractivity contribution in [3.8, 4) is 0 Å². The monoisotopic (exact) mass is 476 g/mol. The van der Waals surface area contributed by atoms with Crippen LogP contribution in [0.4, 0.5) is 22.0 Å². The van der Waals surface area contributed by atoms with Gasteiger partial charge in [-0.05, 0) is 50.8 Å². The van der Waals surface area contributed by atoms with Gasteiger partial charge in [0.15, 0.2) is 0 Å². The average molecular weight is 476 g/mol. The molecule has 0 amide bonds. The van der Waals surface area contributed by atoms with Crippen molar-refractivity contribution in [2.24, 2.45) is 0 Å². The van der Waals surface area contributed by atoms with Gasteiger partial charge in [-0.25, -0.2) is 35.1 Å². The lowest BCUT2D eigenvalue weighted by Crippen LogP contribution is -2.51. The Labute approximate surface area is 171 Å². The molecule has 1 saturated carbocycles. The number of rotatable bonds is 7. The molecule has 6 nitrogen and oxygen atoms in total. The number of nitrogens with one attached hydrogen (secondary N) is 2. The van der Waals surface area contributed by atoms with E-state index in [0.29, 0.717) is 0 Å². The zero-order valence-electron chi connectivity index (χ0n) is 15.8. The lowest BCUT2D eigenvalue weighted by molar-refractivity contribution is -0.0452. The molecule has 0 aromatic heterocycles. The van der Waals surface area contributed by atoms with Crippen LogP contribution in [0.5, 0.6) is 0 Å². The van der Waals surface area contributed by atoms with Crippen LogP contribution in [0.15, 0.2) is 30.4 Å². The number of sulfonamides is 2. The molecule has 0 radical (unpaired) electrons. The van der Waals surface area contributed by atoms with Gasteiger partial charge >= 0.3 is 15.5 Å². The lowest BCUT2D eigenvalue weighted by atomic mass is 9.81. The van der Waals surface area contributed by atoms with E-state index in [1.54, 1.807) is 13.0 Å². The summed E-state index contributed by atoms with van der Waals surface area (Å²) in [5.41, 5.74) is -5.97. The summed E-state index contributed by atoms with van der Waals surface area (Å²) in [6, 6.07) is 1.12. The highest BCUT2D eigenvalue weighted by Gasteiger charge is 2.52. The quantitative estimate of drug-likeness (QED) is 0.468. The van der Waals surface area contributed by atoms with E-state index < -0.39 is 66.4 Å². The number of hydrogen-bond acceptors (Lipinski definition) is 4. The highest BCUT2D eigenvalue weighted by atomic mass is 32.2. The van der Waals surface area contributed by atoms with Crippen molar-refractivity contribution in [2.75, 3.05) is 6.54 Å². The summed E-state index contributed by atoms with van der Waals surface area (Å²) >= 11 is 0. The van der Waals surface area contributed by atoms with E-state index in [0.717, 1.165) is 18.2 Å². The molecule has 1 aromatic rings. The topological polar surface area (TPSA) is 92.3 Å². The van der Waals surface area contributed by atoms with Crippen LogP contribution in [0.3, 0.4) is 0 Å². The summed E-state index contributed by atoms with van der Waals surface area (Å²) in [6.07, 6.45) is 1.58. The Hall–Kier alpha value is -1.57. The van der Waals surface area contributed by atoms with Gasteiger partial charge in [-0.3, -0.25) is 0 Å². The van der Waals surface area contributed by atoms with Crippen LogP contribution in [0.25, 0.3) is 0 Å². The minimum Gasteiger partial charge on any atom is -0.211 e. The van der Waals surface area contributed by atoms with Crippen molar-refractivity contribution in [1.29, 1.82) is 0 Å². The molecule has 13 heteroatoms. The molecular formula is C17H21F5N2O4S2. The molecule has 0 saturated heterocycles. The van der Waals surface area contributed by atoms with Gasteiger partial charge in [-0.2, -0.15) is 13.2 Å². The second-order valence-electron chi connectivity index (χ2n) is 6.88. The largest absolute Gasteiger partial charge is 0.511 e. The third-order valence-electron chi connectivity index (χ3n) is 4.98. The van der Waals surface area contributed by atoms with E-state index >= 15 is 0 Å². The van der Waals surface area contributed by atoms with Crippen LogP contribution >= 0.6 is 0 Å². The predicted octanol–water partition coefficient (Wildman–Crippen LogP) is 3.04. The molecule has 170 valence electrons. The Morgan fingerprint density at radius 2 is 1.73 bits per heavy atom. The molecular weight excluding hydrogens is 455 g/mol. The third-order valence-corrected chi connectivity index (χ3v) is 8.44.